The van der Waals surface area contributed by atoms with Crippen molar-refractivity contribution in [2.24, 2.45) is 0 Å². The number of pyridine rings is 1. The molecule has 0 aliphatic rings. The number of rotatable bonds is 6. The lowest BCUT2D eigenvalue weighted by Gasteiger charge is -2.08. The normalized spacial score (nSPS) is 11.3. The lowest BCUT2D eigenvalue weighted by molar-refractivity contribution is 0.580. The van der Waals surface area contributed by atoms with Gasteiger partial charge < -0.3 is 5.32 Å². The molecule has 0 atom stereocenters. The molecule has 1 heterocycles. The fraction of sp³-hybridized carbons (Fsp3) is 0.214. The molecule has 112 valence electrons. The Morgan fingerprint density at radius 1 is 1.24 bits per heavy atom. The summed E-state index contributed by atoms with van der Waals surface area (Å²) in [7, 11) is -3.66. The van der Waals surface area contributed by atoms with Gasteiger partial charge in [0.25, 0.3) is 0 Å². The zero-order chi connectivity index (χ0) is 15.3. The molecule has 7 heteroatoms. The van der Waals surface area contributed by atoms with E-state index in [1.54, 1.807) is 6.07 Å². The Balaban J connectivity index is 2.13. The minimum Gasteiger partial charge on any atom is -0.370 e. The molecule has 2 N–H and O–H groups in total. The van der Waals surface area contributed by atoms with E-state index in [2.05, 4.69) is 15.0 Å². The molecule has 0 radical (unpaired) electrons. The molecule has 0 aliphatic heterocycles. The number of benzene rings is 1. The first-order valence-electron chi connectivity index (χ1n) is 6.45. The van der Waals surface area contributed by atoms with Crippen molar-refractivity contribution < 1.29 is 12.8 Å². The molecular weight excluding hydrogens is 293 g/mol. The van der Waals surface area contributed by atoms with Crippen LogP contribution >= 0.6 is 0 Å². The van der Waals surface area contributed by atoms with Crippen molar-refractivity contribution in [3.8, 4) is 0 Å². The first kappa shape index (κ1) is 15.4. The molecule has 0 saturated heterocycles. The zero-order valence-corrected chi connectivity index (χ0v) is 12.3. The molecule has 0 fully saturated rings. The minimum absolute atomic E-state index is 0.0267. The molecule has 0 bridgehead atoms. The van der Waals surface area contributed by atoms with Crippen molar-refractivity contribution in [3.63, 3.8) is 0 Å². The van der Waals surface area contributed by atoms with Gasteiger partial charge in [-0.3, -0.25) is 0 Å². The van der Waals surface area contributed by atoms with E-state index in [-0.39, 0.29) is 11.4 Å². The predicted molar refractivity (Wildman–Crippen MR) is 78.8 cm³/mol. The molecule has 0 aliphatic carbocycles. The smallest absolute Gasteiger partial charge is 0.241 e. The van der Waals surface area contributed by atoms with Crippen LogP contribution in [0.4, 0.5) is 10.2 Å². The van der Waals surface area contributed by atoms with Crippen LogP contribution in [0.25, 0.3) is 0 Å². The predicted octanol–water partition coefficient (Wildman–Crippen LogP) is 2.13. The summed E-state index contributed by atoms with van der Waals surface area (Å²) in [5.41, 5.74) is 0.555. The molecule has 1 aromatic heterocycles. The number of halogens is 1. The summed E-state index contributed by atoms with van der Waals surface area (Å²) in [4.78, 5) is 4.14. The maximum absolute atomic E-state index is 13.1. The third-order valence-corrected chi connectivity index (χ3v) is 4.15. The highest BCUT2D eigenvalue weighted by Gasteiger charge is 2.14. The van der Waals surface area contributed by atoms with E-state index in [1.165, 1.54) is 36.5 Å². The third-order valence-electron chi connectivity index (χ3n) is 2.75. The Morgan fingerprint density at radius 2 is 2.05 bits per heavy atom. The van der Waals surface area contributed by atoms with Crippen LogP contribution in [0.3, 0.4) is 0 Å². The van der Waals surface area contributed by atoms with Gasteiger partial charge in [0.15, 0.2) is 0 Å². The number of hydrogen-bond donors (Lipinski definition) is 2. The van der Waals surface area contributed by atoms with E-state index in [4.69, 9.17) is 0 Å². The van der Waals surface area contributed by atoms with Crippen LogP contribution in [0.5, 0.6) is 0 Å². The van der Waals surface area contributed by atoms with Gasteiger partial charge in [0.2, 0.25) is 10.0 Å². The summed E-state index contributed by atoms with van der Waals surface area (Å²) >= 11 is 0. The molecule has 0 spiro atoms. The average molecular weight is 309 g/mol. The number of anilines is 1. The summed E-state index contributed by atoms with van der Waals surface area (Å²) in [5, 5.41) is 2.95. The summed E-state index contributed by atoms with van der Waals surface area (Å²) in [5.74, 6) is 0.0937. The molecule has 5 nitrogen and oxygen atoms in total. The van der Waals surface area contributed by atoms with Crippen molar-refractivity contribution in [2.45, 2.75) is 18.4 Å². The second-order valence-corrected chi connectivity index (χ2v) is 6.13. The Morgan fingerprint density at radius 3 is 2.76 bits per heavy atom. The monoisotopic (exact) mass is 309 g/mol. The van der Waals surface area contributed by atoms with Crippen LogP contribution in [-0.4, -0.2) is 19.9 Å². The molecule has 0 saturated carbocycles. The largest absolute Gasteiger partial charge is 0.370 e. The van der Waals surface area contributed by atoms with Gasteiger partial charge in [-0.2, -0.15) is 0 Å². The SMILES string of the molecule is CCNc1cc(S(=O)(=O)NCc2cccc(F)c2)ccn1. The van der Waals surface area contributed by atoms with Crippen LogP contribution < -0.4 is 10.0 Å². The van der Waals surface area contributed by atoms with E-state index in [0.29, 0.717) is 17.9 Å². The van der Waals surface area contributed by atoms with E-state index in [1.807, 2.05) is 6.92 Å². The maximum Gasteiger partial charge on any atom is 0.241 e. The van der Waals surface area contributed by atoms with Crippen LogP contribution in [0, 0.1) is 5.82 Å². The summed E-state index contributed by atoms with van der Waals surface area (Å²) < 4.78 is 39.9. The van der Waals surface area contributed by atoms with Crippen molar-refractivity contribution in [1.82, 2.24) is 9.71 Å². The van der Waals surface area contributed by atoms with E-state index >= 15 is 0 Å². The van der Waals surface area contributed by atoms with Crippen molar-refractivity contribution in [1.29, 1.82) is 0 Å². The highest BCUT2D eigenvalue weighted by molar-refractivity contribution is 7.89. The average Bonchev–Trinajstić information content (AvgIpc) is 2.46. The zero-order valence-electron chi connectivity index (χ0n) is 11.5. The molecule has 0 amide bonds. The molecule has 2 rings (SSSR count). The molecule has 2 aromatic rings. The second kappa shape index (κ2) is 6.64. The van der Waals surface area contributed by atoms with Gasteiger partial charge in [-0.15, -0.1) is 0 Å². The van der Waals surface area contributed by atoms with E-state index in [0.717, 1.165) is 0 Å². The van der Waals surface area contributed by atoms with Gasteiger partial charge in [-0.05, 0) is 30.7 Å². The summed E-state index contributed by atoms with van der Waals surface area (Å²) in [6.45, 7) is 2.57. The van der Waals surface area contributed by atoms with Crippen LogP contribution in [-0.2, 0) is 16.6 Å². The second-order valence-electron chi connectivity index (χ2n) is 4.36. The van der Waals surface area contributed by atoms with Gasteiger partial charge in [0.05, 0.1) is 4.90 Å². The number of nitrogens with one attached hydrogen (secondary N) is 2. The summed E-state index contributed by atoms with van der Waals surface area (Å²) in [6, 6.07) is 8.66. The highest BCUT2D eigenvalue weighted by Crippen LogP contribution is 2.13. The van der Waals surface area contributed by atoms with E-state index < -0.39 is 15.8 Å². The van der Waals surface area contributed by atoms with Crippen LogP contribution in [0.15, 0.2) is 47.5 Å². The fourth-order valence-corrected chi connectivity index (χ4v) is 2.79. The Kier molecular flexibility index (Phi) is 4.87. The van der Waals surface area contributed by atoms with Crippen molar-refractivity contribution in [3.05, 3.63) is 54.0 Å². The number of hydrogen-bond acceptors (Lipinski definition) is 4. The third kappa shape index (κ3) is 4.24. The lowest BCUT2D eigenvalue weighted by Crippen LogP contribution is -2.23. The van der Waals surface area contributed by atoms with Gasteiger partial charge in [0.1, 0.15) is 11.6 Å². The molecule has 21 heavy (non-hydrogen) atoms. The molecule has 1 aromatic carbocycles. The standard InChI is InChI=1S/C14H16FN3O2S/c1-2-16-14-9-13(6-7-17-14)21(19,20)18-10-11-4-3-5-12(15)8-11/h3-9,18H,2,10H2,1H3,(H,16,17). The molecule has 0 unspecified atom stereocenters. The Bertz CT molecular complexity index is 720. The van der Waals surface area contributed by atoms with Gasteiger partial charge in [0, 0.05) is 25.4 Å². The van der Waals surface area contributed by atoms with Crippen molar-refractivity contribution in [2.75, 3.05) is 11.9 Å². The summed E-state index contributed by atoms with van der Waals surface area (Å²) in [6.07, 6.45) is 1.43. The van der Waals surface area contributed by atoms with E-state index in [9.17, 15) is 12.8 Å². The number of nitrogens with zero attached hydrogens (tertiary/aromatic N) is 1. The number of aromatic nitrogens is 1. The lowest BCUT2D eigenvalue weighted by atomic mass is 10.2. The quantitative estimate of drug-likeness (QED) is 0.857. The Hall–Kier alpha value is -1.99. The first-order chi connectivity index (χ1) is 10.0. The van der Waals surface area contributed by atoms with Crippen LogP contribution in [0.1, 0.15) is 12.5 Å². The Labute approximate surface area is 123 Å². The van der Waals surface area contributed by atoms with Gasteiger partial charge >= 0.3 is 0 Å². The fourth-order valence-electron chi connectivity index (χ4n) is 1.76. The first-order valence-corrected chi connectivity index (χ1v) is 7.93. The van der Waals surface area contributed by atoms with Gasteiger partial charge in [-0.25, -0.2) is 22.5 Å². The number of sulfonamides is 1. The van der Waals surface area contributed by atoms with Crippen LogP contribution in [0.2, 0.25) is 0 Å². The topological polar surface area (TPSA) is 71.1 Å². The highest BCUT2D eigenvalue weighted by atomic mass is 32.2. The molecular formula is C14H16FN3O2S. The van der Waals surface area contributed by atoms with Crippen molar-refractivity contribution >= 4 is 15.8 Å². The maximum atomic E-state index is 13.1. The minimum atomic E-state index is -3.66. The van der Waals surface area contributed by atoms with Gasteiger partial charge in [-0.1, -0.05) is 12.1 Å².